The number of carbonyl (C=O) groups is 2. The first kappa shape index (κ1) is 16.6. The number of nitrogens with one attached hydrogen (secondary N) is 3. The summed E-state index contributed by atoms with van der Waals surface area (Å²) in [4.78, 5) is 22.6. The molecule has 0 fully saturated rings. The second-order valence-electron chi connectivity index (χ2n) is 3.99. The van der Waals surface area contributed by atoms with Crippen molar-refractivity contribution in [3.05, 3.63) is 24.3 Å². The van der Waals surface area contributed by atoms with Crippen LogP contribution in [0.5, 0.6) is 5.75 Å². The van der Waals surface area contributed by atoms with E-state index < -0.39 is 6.09 Å². The zero-order valence-corrected chi connectivity index (χ0v) is 12.3. The van der Waals surface area contributed by atoms with E-state index in [2.05, 4.69) is 20.7 Å². The normalized spacial score (nSPS) is 9.62. The lowest BCUT2D eigenvalue weighted by molar-refractivity contribution is 0.152. The molecule has 1 aromatic rings. The maximum absolute atomic E-state index is 11.6. The summed E-state index contributed by atoms with van der Waals surface area (Å²) in [5.41, 5.74) is 0.661. The number of alkyl carbamates (subject to hydrolysis) is 1. The second-order valence-corrected chi connectivity index (χ2v) is 3.99. The molecule has 0 unspecified atom stereocenters. The summed E-state index contributed by atoms with van der Waals surface area (Å²) in [5, 5.41) is 7.80. The highest BCUT2D eigenvalue weighted by Gasteiger charge is 2.02. The monoisotopic (exact) mass is 295 g/mol. The first-order valence-corrected chi connectivity index (χ1v) is 6.84. The van der Waals surface area contributed by atoms with Crippen molar-refractivity contribution in [2.45, 2.75) is 13.8 Å². The Morgan fingerprint density at radius 2 is 1.67 bits per heavy atom. The van der Waals surface area contributed by atoms with Crippen LogP contribution < -0.4 is 20.7 Å². The highest BCUT2D eigenvalue weighted by molar-refractivity contribution is 5.89. The molecule has 0 aliphatic rings. The van der Waals surface area contributed by atoms with Gasteiger partial charge in [0.15, 0.2) is 0 Å². The van der Waals surface area contributed by atoms with Crippen molar-refractivity contribution in [1.82, 2.24) is 10.6 Å². The summed E-state index contributed by atoms with van der Waals surface area (Å²) in [7, 11) is 0. The molecule has 7 nitrogen and oxygen atoms in total. The molecule has 0 spiro atoms. The quantitative estimate of drug-likeness (QED) is 0.671. The number of ether oxygens (including phenoxy) is 2. The van der Waals surface area contributed by atoms with Crippen LogP contribution >= 0.6 is 0 Å². The minimum absolute atomic E-state index is 0.301. The Morgan fingerprint density at radius 1 is 1.00 bits per heavy atom. The van der Waals surface area contributed by atoms with Crippen LogP contribution in [-0.2, 0) is 4.74 Å². The predicted octanol–water partition coefficient (Wildman–Crippen LogP) is 1.95. The maximum Gasteiger partial charge on any atom is 0.407 e. The van der Waals surface area contributed by atoms with Crippen LogP contribution in [-0.4, -0.2) is 38.4 Å². The lowest BCUT2D eigenvalue weighted by atomic mass is 10.3. The Kier molecular flexibility index (Phi) is 7.49. The zero-order valence-electron chi connectivity index (χ0n) is 12.3. The highest BCUT2D eigenvalue weighted by Crippen LogP contribution is 2.15. The Labute approximate surface area is 124 Å². The van der Waals surface area contributed by atoms with Crippen molar-refractivity contribution in [2.24, 2.45) is 0 Å². The Bertz CT molecular complexity index is 448. The molecule has 0 heterocycles. The van der Waals surface area contributed by atoms with E-state index >= 15 is 0 Å². The largest absolute Gasteiger partial charge is 0.494 e. The number of rotatable bonds is 7. The van der Waals surface area contributed by atoms with Crippen LogP contribution in [0.15, 0.2) is 24.3 Å². The summed E-state index contributed by atoms with van der Waals surface area (Å²) < 4.78 is 9.99. The SMILES string of the molecule is CCOC(=O)NCCNC(=O)Nc1ccc(OCC)cc1. The van der Waals surface area contributed by atoms with E-state index in [0.717, 1.165) is 5.75 Å². The van der Waals surface area contributed by atoms with Gasteiger partial charge in [0.1, 0.15) is 5.75 Å². The predicted molar refractivity (Wildman–Crippen MR) is 79.7 cm³/mol. The van der Waals surface area contributed by atoms with E-state index in [1.807, 2.05) is 6.92 Å². The smallest absolute Gasteiger partial charge is 0.407 e. The van der Waals surface area contributed by atoms with Crippen molar-refractivity contribution in [3.8, 4) is 5.75 Å². The van der Waals surface area contributed by atoms with Crippen LogP contribution in [0, 0.1) is 0 Å². The Morgan fingerprint density at radius 3 is 2.29 bits per heavy atom. The van der Waals surface area contributed by atoms with E-state index in [0.29, 0.717) is 32.0 Å². The number of anilines is 1. The number of amides is 3. The van der Waals surface area contributed by atoms with Gasteiger partial charge in [-0.25, -0.2) is 9.59 Å². The molecule has 21 heavy (non-hydrogen) atoms. The van der Waals surface area contributed by atoms with Gasteiger partial charge in [-0.1, -0.05) is 0 Å². The minimum atomic E-state index is -0.494. The first-order valence-electron chi connectivity index (χ1n) is 6.84. The van der Waals surface area contributed by atoms with Crippen molar-refractivity contribution in [2.75, 3.05) is 31.6 Å². The summed E-state index contributed by atoms with van der Waals surface area (Å²) >= 11 is 0. The molecule has 0 saturated carbocycles. The molecule has 1 aromatic carbocycles. The molecule has 0 aliphatic carbocycles. The van der Waals surface area contributed by atoms with Crippen LogP contribution in [0.1, 0.15) is 13.8 Å². The number of hydrogen-bond donors (Lipinski definition) is 3. The third-order valence-corrected chi connectivity index (χ3v) is 2.38. The molecule has 3 amide bonds. The minimum Gasteiger partial charge on any atom is -0.494 e. The molecule has 0 saturated heterocycles. The van der Waals surface area contributed by atoms with Gasteiger partial charge in [0.2, 0.25) is 0 Å². The number of benzene rings is 1. The highest BCUT2D eigenvalue weighted by atomic mass is 16.5. The average Bonchev–Trinajstić information content (AvgIpc) is 2.46. The fourth-order valence-corrected chi connectivity index (χ4v) is 1.50. The van der Waals surface area contributed by atoms with Gasteiger partial charge in [-0.2, -0.15) is 0 Å². The molecular weight excluding hydrogens is 274 g/mol. The molecule has 116 valence electrons. The zero-order chi connectivity index (χ0) is 15.5. The fourth-order valence-electron chi connectivity index (χ4n) is 1.50. The van der Waals surface area contributed by atoms with Gasteiger partial charge >= 0.3 is 12.1 Å². The van der Waals surface area contributed by atoms with Crippen LogP contribution in [0.4, 0.5) is 15.3 Å². The van der Waals surface area contributed by atoms with E-state index in [-0.39, 0.29) is 6.03 Å². The van der Waals surface area contributed by atoms with Gasteiger partial charge in [0, 0.05) is 18.8 Å². The second kappa shape index (κ2) is 9.46. The molecule has 0 bridgehead atoms. The first-order chi connectivity index (χ1) is 10.2. The fraction of sp³-hybridized carbons (Fsp3) is 0.429. The van der Waals surface area contributed by atoms with E-state index in [9.17, 15) is 9.59 Å². The molecule has 1 rings (SSSR count). The molecule has 7 heteroatoms. The van der Waals surface area contributed by atoms with E-state index in [1.165, 1.54) is 0 Å². The Balaban J connectivity index is 2.22. The van der Waals surface area contributed by atoms with Crippen molar-refractivity contribution >= 4 is 17.8 Å². The van der Waals surface area contributed by atoms with E-state index in [4.69, 9.17) is 4.74 Å². The van der Waals surface area contributed by atoms with Gasteiger partial charge in [-0.15, -0.1) is 0 Å². The molecule has 0 radical (unpaired) electrons. The number of carbonyl (C=O) groups excluding carboxylic acids is 2. The summed E-state index contributed by atoms with van der Waals surface area (Å²) in [6.07, 6.45) is -0.494. The van der Waals surface area contributed by atoms with Gasteiger partial charge < -0.3 is 25.4 Å². The third-order valence-electron chi connectivity index (χ3n) is 2.38. The topological polar surface area (TPSA) is 88.7 Å². The summed E-state index contributed by atoms with van der Waals surface area (Å²) in [6.45, 7) is 5.15. The third kappa shape index (κ3) is 7.05. The molecule has 0 aromatic heterocycles. The van der Waals surface area contributed by atoms with Gasteiger partial charge in [-0.3, -0.25) is 0 Å². The van der Waals surface area contributed by atoms with Crippen molar-refractivity contribution < 1.29 is 19.1 Å². The average molecular weight is 295 g/mol. The summed E-state index contributed by atoms with van der Waals surface area (Å²) in [6, 6.07) is 6.72. The number of hydrogen-bond acceptors (Lipinski definition) is 4. The van der Waals surface area contributed by atoms with Gasteiger partial charge in [0.25, 0.3) is 0 Å². The molecular formula is C14H21N3O4. The van der Waals surface area contributed by atoms with Crippen molar-refractivity contribution in [3.63, 3.8) is 0 Å². The lowest BCUT2D eigenvalue weighted by Crippen LogP contribution is -2.37. The molecule has 0 atom stereocenters. The summed E-state index contributed by atoms with van der Waals surface area (Å²) in [5.74, 6) is 0.752. The van der Waals surface area contributed by atoms with Crippen LogP contribution in [0.2, 0.25) is 0 Å². The van der Waals surface area contributed by atoms with Gasteiger partial charge in [0.05, 0.1) is 13.2 Å². The number of urea groups is 1. The van der Waals surface area contributed by atoms with Crippen LogP contribution in [0.3, 0.4) is 0 Å². The molecule has 0 aliphatic heterocycles. The van der Waals surface area contributed by atoms with Crippen molar-refractivity contribution in [1.29, 1.82) is 0 Å². The van der Waals surface area contributed by atoms with Crippen LogP contribution in [0.25, 0.3) is 0 Å². The Hall–Kier alpha value is -2.44. The standard InChI is InChI=1S/C14H21N3O4/c1-3-20-12-7-5-11(6-8-12)17-13(18)15-9-10-16-14(19)21-4-2/h5-8H,3-4,9-10H2,1-2H3,(H,16,19)(H2,15,17,18). The maximum atomic E-state index is 11.6. The van der Waals surface area contributed by atoms with Gasteiger partial charge in [-0.05, 0) is 38.1 Å². The van der Waals surface area contributed by atoms with E-state index in [1.54, 1.807) is 31.2 Å². The molecule has 3 N–H and O–H groups in total. The lowest BCUT2D eigenvalue weighted by Gasteiger charge is -2.09.